The second-order valence-corrected chi connectivity index (χ2v) is 7.47. The van der Waals surface area contributed by atoms with Crippen molar-refractivity contribution in [2.75, 3.05) is 19.7 Å². The summed E-state index contributed by atoms with van der Waals surface area (Å²) in [6, 6.07) is 9.00. The van der Waals surface area contributed by atoms with Gasteiger partial charge >= 0.3 is 0 Å². The van der Waals surface area contributed by atoms with Crippen molar-refractivity contribution in [1.82, 2.24) is 15.8 Å². The highest BCUT2D eigenvalue weighted by atomic mass is 35.5. The SMILES string of the molecule is C[C@@H]1c2ccsc2CCN1CC(=O)NNC(=O)COc1ccc(Cl)cc1. The first-order valence-electron chi connectivity index (χ1n) is 8.29. The van der Waals surface area contributed by atoms with E-state index in [1.54, 1.807) is 35.6 Å². The van der Waals surface area contributed by atoms with Gasteiger partial charge in [0.25, 0.3) is 11.8 Å². The molecule has 1 aromatic heterocycles. The van der Waals surface area contributed by atoms with Crippen LogP contribution in [0.2, 0.25) is 5.02 Å². The molecule has 6 nitrogen and oxygen atoms in total. The summed E-state index contributed by atoms with van der Waals surface area (Å²) in [6.45, 7) is 2.96. The average molecular weight is 394 g/mol. The Morgan fingerprint density at radius 2 is 1.96 bits per heavy atom. The Kier molecular flexibility index (Phi) is 6.13. The molecule has 2 N–H and O–H groups in total. The number of benzene rings is 1. The Morgan fingerprint density at radius 1 is 1.23 bits per heavy atom. The van der Waals surface area contributed by atoms with E-state index in [2.05, 4.69) is 34.1 Å². The Balaban J connectivity index is 1.40. The van der Waals surface area contributed by atoms with Crippen molar-refractivity contribution in [3.8, 4) is 5.75 Å². The zero-order valence-electron chi connectivity index (χ0n) is 14.3. The van der Waals surface area contributed by atoms with Gasteiger partial charge in [-0.25, -0.2) is 0 Å². The molecule has 0 saturated carbocycles. The molecule has 2 heterocycles. The summed E-state index contributed by atoms with van der Waals surface area (Å²) in [4.78, 5) is 27.4. The molecule has 26 heavy (non-hydrogen) atoms. The van der Waals surface area contributed by atoms with Gasteiger partial charge in [-0.3, -0.25) is 25.3 Å². The molecule has 0 saturated heterocycles. The number of rotatable bonds is 5. The normalized spacial score (nSPS) is 16.6. The third-order valence-electron chi connectivity index (χ3n) is 4.28. The Hall–Kier alpha value is -2.09. The van der Waals surface area contributed by atoms with Crippen molar-refractivity contribution >= 4 is 34.8 Å². The van der Waals surface area contributed by atoms with Crippen molar-refractivity contribution in [2.45, 2.75) is 19.4 Å². The van der Waals surface area contributed by atoms with Crippen LogP contribution >= 0.6 is 22.9 Å². The number of hydrazine groups is 1. The van der Waals surface area contributed by atoms with E-state index in [0.717, 1.165) is 13.0 Å². The molecule has 1 atom stereocenters. The van der Waals surface area contributed by atoms with E-state index in [1.807, 2.05) is 0 Å². The molecule has 0 unspecified atom stereocenters. The van der Waals surface area contributed by atoms with E-state index in [9.17, 15) is 9.59 Å². The summed E-state index contributed by atoms with van der Waals surface area (Å²) in [6.07, 6.45) is 0.950. The number of carbonyl (C=O) groups excluding carboxylic acids is 2. The molecule has 3 rings (SSSR count). The predicted molar refractivity (Wildman–Crippen MR) is 101 cm³/mol. The van der Waals surface area contributed by atoms with Crippen molar-refractivity contribution in [1.29, 1.82) is 0 Å². The summed E-state index contributed by atoms with van der Waals surface area (Å²) in [5.41, 5.74) is 6.09. The van der Waals surface area contributed by atoms with Crippen molar-refractivity contribution in [3.05, 3.63) is 51.2 Å². The number of thiophene rings is 1. The van der Waals surface area contributed by atoms with Gasteiger partial charge in [-0.2, -0.15) is 0 Å². The number of amides is 2. The highest BCUT2D eigenvalue weighted by Crippen LogP contribution is 2.32. The predicted octanol–water partition coefficient (Wildman–Crippen LogP) is 2.55. The summed E-state index contributed by atoms with van der Waals surface area (Å²) in [5, 5.41) is 2.68. The maximum Gasteiger partial charge on any atom is 0.276 e. The lowest BCUT2D eigenvalue weighted by Crippen LogP contribution is -2.49. The number of carbonyl (C=O) groups is 2. The van der Waals surface area contributed by atoms with Crippen LogP contribution in [0, 0.1) is 0 Å². The molecule has 138 valence electrons. The van der Waals surface area contributed by atoms with E-state index < -0.39 is 5.91 Å². The third kappa shape index (κ3) is 4.75. The minimum absolute atomic E-state index is 0.194. The number of nitrogens with one attached hydrogen (secondary N) is 2. The maximum atomic E-state index is 12.1. The fraction of sp³-hybridized carbons (Fsp3) is 0.333. The average Bonchev–Trinajstić information content (AvgIpc) is 3.11. The molecule has 2 amide bonds. The molecule has 1 aliphatic heterocycles. The van der Waals surface area contributed by atoms with Gasteiger partial charge in [-0.1, -0.05) is 11.6 Å². The molecule has 1 aliphatic rings. The zero-order chi connectivity index (χ0) is 18.5. The molecule has 1 aromatic carbocycles. The standard InChI is InChI=1S/C18H20ClN3O3S/c1-12-15-7-9-26-16(15)6-8-22(12)10-17(23)20-21-18(24)11-25-14-4-2-13(19)3-5-14/h2-5,7,9,12H,6,8,10-11H2,1H3,(H,20,23)(H,21,24)/t12-/m1/s1. The number of ether oxygens (including phenoxy) is 1. The number of hydrogen-bond acceptors (Lipinski definition) is 5. The van der Waals surface area contributed by atoms with Gasteiger partial charge in [0.15, 0.2) is 6.61 Å². The topological polar surface area (TPSA) is 70.7 Å². The first kappa shape index (κ1) is 18.7. The van der Waals surface area contributed by atoms with Gasteiger partial charge in [0.2, 0.25) is 0 Å². The van der Waals surface area contributed by atoms with Crippen molar-refractivity contribution in [3.63, 3.8) is 0 Å². The monoisotopic (exact) mass is 393 g/mol. The number of fused-ring (bicyclic) bond motifs is 1. The second kappa shape index (κ2) is 8.53. The summed E-state index contributed by atoms with van der Waals surface area (Å²) in [5.74, 6) is -0.153. The van der Waals surface area contributed by atoms with Crippen LogP contribution in [0.25, 0.3) is 0 Å². The molecule has 8 heteroatoms. The van der Waals surface area contributed by atoms with Gasteiger partial charge in [-0.05, 0) is 54.6 Å². The number of nitrogens with zero attached hydrogens (tertiary/aromatic N) is 1. The smallest absolute Gasteiger partial charge is 0.276 e. The van der Waals surface area contributed by atoms with Gasteiger partial charge < -0.3 is 4.74 Å². The fourth-order valence-electron chi connectivity index (χ4n) is 2.86. The van der Waals surface area contributed by atoms with E-state index in [0.29, 0.717) is 10.8 Å². The molecule has 0 spiro atoms. The first-order chi connectivity index (χ1) is 12.5. The third-order valence-corrected chi connectivity index (χ3v) is 5.52. The van der Waals surface area contributed by atoms with Gasteiger partial charge in [0.1, 0.15) is 5.75 Å². The maximum absolute atomic E-state index is 12.1. The second-order valence-electron chi connectivity index (χ2n) is 6.03. The van der Waals surface area contributed by atoms with E-state index in [-0.39, 0.29) is 25.1 Å². The summed E-state index contributed by atoms with van der Waals surface area (Å²) >= 11 is 7.55. The van der Waals surface area contributed by atoms with Crippen LogP contribution < -0.4 is 15.6 Å². The number of halogens is 1. The Bertz CT molecular complexity index is 778. The highest BCUT2D eigenvalue weighted by molar-refractivity contribution is 7.10. The molecular weight excluding hydrogens is 374 g/mol. The van der Waals surface area contributed by atoms with Crippen LogP contribution in [-0.4, -0.2) is 36.4 Å². The minimum Gasteiger partial charge on any atom is -0.484 e. The summed E-state index contributed by atoms with van der Waals surface area (Å²) in [7, 11) is 0. The molecule has 2 aromatic rings. The fourth-order valence-corrected chi connectivity index (χ4v) is 3.95. The lowest BCUT2D eigenvalue weighted by atomic mass is 10.0. The minimum atomic E-state index is -0.430. The lowest BCUT2D eigenvalue weighted by molar-refractivity contribution is -0.130. The van der Waals surface area contributed by atoms with Crippen LogP contribution in [0.15, 0.2) is 35.7 Å². The van der Waals surface area contributed by atoms with Crippen LogP contribution in [0.3, 0.4) is 0 Å². The molecular formula is C18H20ClN3O3S. The first-order valence-corrected chi connectivity index (χ1v) is 9.55. The van der Waals surface area contributed by atoms with Gasteiger partial charge in [-0.15, -0.1) is 11.3 Å². The van der Waals surface area contributed by atoms with Gasteiger partial charge in [0.05, 0.1) is 6.54 Å². The van der Waals surface area contributed by atoms with E-state index in [4.69, 9.17) is 16.3 Å². The quantitative estimate of drug-likeness (QED) is 0.766. The van der Waals surface area contributed by atoms with Gasteiger partial charge in [0, 0.05) is 22.5 Å². The van der Waals surface area contributed by atoms with E-state index >= 15 is 0 Å². The lowest BCUT2D eigenvalue weighted by Gasteiger charge is -2.32. The van der Waals surface area contributed by atoms with Crippen LogP contribution in [0.5, 0.6) is 5.75 Å². The number of hydrogen-bond donors (Lipinski definition) is 2. The summed E-state index contributed by atoms with van der Waals surface area (Å²) < 4.78 is 5.32. The molecule has 0 aliphatic carbocycles. The van der Waals surface area contributed by atoms with Crippen LogP contribution in [0.1, 0.15) is 23.4 Å². The molecule has 0 bridgehead atoms. The van der Waals surface area contributed by atoms with Crippen LogP contribution in [-0.2, 0) is 16.0 Å². The largest absolute Gasteiger partial charge is 0.484 e. The highest BCUT2D eigenvalue weighted by Gasteiger charge is 2.26. The molecule has 0 radical (unpaired) electrons. The van der Waals surface area contributed by atoms with Crippen molar-refractivity contribution in [2.24, 2.45) is 0 Å². The zero-order valence-corrected chi connectivity index (χ0v) is 15.9. The Labute approximate surface area is 161 Å². The van der Waals surface area contributed by atoms with Crippen molar-refractivity contribution < 1.29 is 14.3 Å². The van der Waals surface area contributed by atoms with E-state index in [1.165, 1.54) is 10.4 Å². The Morgan fingerprint density at radius 3 is 2.73 bits per heavy atom. The van der Waals surface area contributed by atoms with Crippen LogP contribution in [0.4, 0.5) is 0 Å². The molecule has 0 fully saturated rings.